The molecular weight excluding hydrogens is 248 g/mol. The lowest BCUT2D eigenvalue weighted by Gasteiger charge is -2.25. The zero-order chi connectivity index (χ0) is 14.2. The molecule has 0 aromatic heterocycles. The largest absolute Gasteiger partial charge is 0.386 e. The maximum Gasteiger partial charge on any atom is 0.332 e. The Morgan fingerprint density at radius 3 is 2.84 bits per heavy atom. The summed E-state index contributed by atoms with van der Waals surface area (Å²) in [6.45, 7) is 4.41. The van der Waals surface area contributed by atoms with Gasteiger partial charge in [-0.3, -0.25) is 4.79 Å². The summed E-state index contributed by atoms with van der Waals surface area (Å²) in [7, 11) is 0. The summed E-state index contributed by atoms with van der Waals surface area (Å²) in [6, 6.07) is -0.661. The maximum absolute atomic E-state index is 11.9. The van der Waals surface area contributed by atoms with Crippen LogP contribution in [0.1, 0.15) is 13.8 Å². The molecule has 4 N–H and O–H groups in total. The first-order valence-electron chi connectivity index (χ1n) is 5.96. The molecule has 7 heteroatoms. The number of hydrogen-bond acceptors (Lipinski definition) is 5. The molecule has 0 saturated carbocycles. The Hall–Kier alpha value is -2.15. The Morgan fingerprint density at radius 2 is 2.26 bits per heavy atom. The van der Waals surface area contributed by atoms with E-state index in [1.807, 2.05) is 24.2 Å². The van der Waals surface area contributed by atoms with Crippen molar-refractivity contribution in [3.05, 3.63) is 23.4 Å². The minimum atomic E-state index is -0.843. The fourth-order valence-corrected chi connectivity index (χ4v) is 2.16. The monoisotopic (exact) mass is 264 g/mol. The summed E-state index contributed by atoms with van der Waals surface area (Å²) >= 11 is 0. The number of hydrogen-bond donors (Lipinski definition) is 3. The Labute approximate surface area is 110 Å². The van der Waals surface area contributed by atoms with Crippen molar-refractivity contribution >= 4 is 17.5 Å². The van der Waals surface area contributed by atoms with E-state index in [-0.39, 0.29) is 17.5 Å². The molecule has 0 aromatic carbocycles. The van der Waals surface area contributed by atoms with E-state index in [1.54, 1.807) is 0 Å². The van der Waals surface area contributed by atoms with E-state index in [0.29, 0.717) is 17.8 Å². The predicted molar refractivity (Wildman–Crippen MR) is 69.2 cm³/mol. The minimum Gasteiger partial charge on any atom is -0.386 e. The minimum absolute atomic E-state index is 0.0576. The molecule has 1 unspecified atom stereocenters. The van der Waals surface area contributed by atoms with E-state index in [0.717, 1.165) is 0 Å². The van der Waals surface area contributed by atoms with Crippen LogP contribution in [0.15, 0.2) is 28.5 Å². The molecule has 1 heterocycles. The zero-order valence-corrected chi connectivity index (χ0v) is 10.8. The highest BCUT2D eigenvalue weighted by Crippen LogP contribution is 2.31. The molecule has 0 bridgehead atoms. The first-order valence-corrected chi connectivity index (χ1v) is 5.96. The number of nitrogens with zero attached hydrogens (tertiary/aromatic N) is 2. The Morgan fingerprint density at radius 1 is 1.58 bits per heavy atom. The van der Waals surface area contributed by atoms with Gasteiger partial charge in [0.15, 0.2) is 0 Å². The van der Waals surface area contributed by atoms with E-state index in [1.165, 1.54) is 12.2 Å². The lowest BCUT2D eigenvalue weighted by atomic mass is 9.99. The van der Waals surface area contributed by atoms with Crippen LogP contribution in [-0.2, 0) is 4.79 Å². The number of nitrogens with one attached hydrogen (secondary N) is 1. The van der Waals surface area contributed by atoms with Gasteiger partial charge in [-0.2, -0.15) is 5.10 Å². The first kappa shape index (κ1) is 13.3. The summed E-state index contributed by atoms with van der Waals surface area (Å²) in [5.74, 6) is -0.327. The molecule has 1 fully saturated rings. The summed E-state index contributed by atoms with van der Waals surface area (Å²) in [6.07, 6.45) is 2.24. The molecule has 1 saturated heterocycles. The van der Waals surface area contributed by atoms with E-state index in [9.17, 15) is 14.7 Å². The van der Waals surface area contributed by atoms with Gasteiger partial charge in [0.25, 0.3) is 0 Å². The Balaban J connectivity index is 2.32. The number of aliphatic hydroxyl groups is 1. The van der Waals surface area contributed by atoms with Gasteiger partial charge in [-0.1, -0.05) is 0 Å². The molecule has 2 aliphatic rings. The highest BCUT2D eigenvalue weighted by atomic mass is 16.3. The Bertz CT molecular complexity index is 519. The van der Waals surface area contributed by atoms with E-state index in [2.05, 4.69) is 5.10 Å². The highest BCUT2D eigenvalue weighted by molar-refractivity contribution is 6.49. The fourth-order valence-electron chi connectivity index (χ4n) is 2.16. The highest BCUT2D eigenvalue weighted by Gasteiger charge is 2.35. The third kappa shape index (κ3) is 2.50. The second kappa shape index (κ2) is 4.85. The number of allylic oxidation sites excluding steroid dienone is 2. The van der Waals surface area contributed by atoms with Gasteiger partial charge in [-0.25, -0.2) is 10.2 Å². The maximum atomic E-state index is 11.9. The number of aliphatic hydroxyl groups excluding tert-OH is 1. The number of likely N-dealkylation sites (tertiary alicyclic amines) is 1. The molecule has 0 aromatic rings. The smallest absolute Gasteiger partial charge is 0.332 e. The van der Waals surface area contributed by atoms with Crippen molar-refractivity contribution in [1.82, 2.24) is 10.3 Å². The van der Waals surface area contributed by atoms with Gasteiger partial charge in [0.1, 0.15) is 5.71 Å². The third-order valence-corrected chi connectivity index (χ3v) is 3.06. The van der Waals surface area contributed by atoms with Crippen LogP contribution in [0.4, 0.5) is 4.79 Å². The van der Waals surface area contributed by atoms with E-state index < -0.39 is 12.1 Å². The molecule has 7 nitrogen and oxygen atoms in total. The molecule has 1 aliphatic carbocycles. The van der Waals surface area contributed by atoms with Crippen molar-refractivity contribution in [1.29, 1.82) is 0 Å². The number of amides is 2. The van der Waals surface area contributed by atoms with Gasteiger partial charge in [0.2, 0.25) is 5.78 Å². The summed E-state index contributed by atoms with van der Waals surface area (Å²) in [5, 5.41) is 13.6. The molecule has 0 spiro atoms. The number of carbonyl (C=O) groups excluding carboxylic acids is 2. The van der Waals surface area contributed by atoms with Crippen molar-refractivity contribution in [2.24, 2.45) is 10.8 Å². The normalized spacial score (nSPS) is 24.4. The van der Waals surface area contributed by atoms with Crippen LogP contribution in [0.3, 0.4) is 0 Å². The van der Waals surface area contributed by atoms with Crippen molar-refractivity contribution < 1.29 is 14.7 Å². The predicted octanol–water partition coefficient (Wildman–Crippen LogP) is -0.511. The molecule has 2 rings (SSSR count). The summed E-state index contributed by atoms with van der Waals surface area (Å²) in [4.78, 5) is 24.4. The lowest BCUT2D eigenvalue weighted by Crippen LogP contribution is -2.30. The van der Waals surface area contributed by atoms with Gasteiger partial charge < -0.3 is 15.7 Å². The lowest BCUT2D eigenvalue weighted by molar-refractivity contribution is -0.109. The van der Waals surface area contributed by atoms with Crippen LogP contribution in [0, 0.1) is 0 Å². The number of rotatable bonds is 2. The molecule has 1 aliphatic heterocycles. The van der Waals surface area contributed by atoms with Crippen LogP contribution in [0.25, 0.3) is 0 Å². The van der Waals surface area contributed by atoms with Crippen LogP contribution in [0.5, 0.6) is 0 Å². The molecule has 0 radical (unpaired) electrons. The summed E-state index contributed by atoms with van der Waals surface area (Å²) in [5.41, 5.74) is 8.31. The summed E-state index contributed by atoms with van der Waals surface area (Å²) < 4.78 is 0. The van der Waals surface area contributed by atoms with Gasteiger partial charge in [-0.15, -0.1) is 0 Å². The topological polar surface area (TPSA) is 108 Å². The van der Waals surface area contributed by atoms with Gasteiger partial charge in [-0.05, 0) is 19.9 Å². The molecule has 1 atom stereocenters. The SMILES string of the molecule is CC(C)N1CC(O)C2=C/C(=N\NC(N)=O)C(=O)C=C21. The van der Waals surface area contributed by atoms with E-state index in [4.69, 9.17) is 5.73 Å². The van der Waals surface area contributed by atoms with Crippen LogP contribution in [-0.4, -0.2) is 46.2 Å². The van der Waals surface area contributed by atoms with Crippen molar-refractivity contribution in [3.8, 4) is 0 Å². The van der Waals surface area contributed by atoms with E-state index >= 15 is 0 Å². The number of hydrazone groups is 1. The number of urea groups is 1. The van der Waals surface area contributed by atoms with Crippen molar-refractivity contribution in [3.63, 3.8) is 0 Å². The molecule has 102 valence electrons. The third-order valence-electron chi connectivity index (χ3n) is 3.06. The number of fused-ring (bicyclic) bond motifs is 1. The Kier molecular flexibility index (Phi) is 3.39. The number of carbonyl (C=O) groups is 2. The average Bonchev–Trinajstić information content (AvgIpc) is 2.63. The van der Waals surface area contributed by atoms with Gasteiger partial charge >= 0.3 is 6.03 Å². The number of β-amino-alcohol motifs (C(OH)–C–C–N with tert-alkyl or cyclic N) is 1. The standard InChI is InChI=1S/C12H16N4O3/c1-6(2)16-5-11(18)7-3-8(14-15-12(13)19)10(17)4-9(7)16/h3-4,6,11,18H,5H2,1-2H3,(H3,13,15,19)/b14-8+. The number of nitrogens with two attached hydrogens (primary N) is 1. The van der Waals surface area contributed by atoms with Crippen LogP contribution >= 0.6 is 0 Å². The van der Waals surface area contributed by atoms with Crippen molar-refractivity contribution in [2.75, 3.05) is 6.54 Å². The molecule has 2 amide bonds. The van der Waals surface area contributed by atoms with Gasteiger partial charge in [0.05, 0.1) is 6.10 Å². The van der Waals surface area contributed by atoms with Crippen LogP contribution < -0.4 is 11.2 Å². The van der Waals surface area contributed by atoms with Crippen LogP contribution in [0.2, 0.25) is 0 Å². The quantitative estimate of drug-likeness (QED) is 0.461. The van der Waals surface area contributed by atoms with Gasteiger partial charge in [0, 0.05) is 29.9 Å². The molecule has 19 heavy (non-hydrogen) atoms. The zero-order valence-electron chi connectivity index (χ0n) is 10.8. The van der Waals surface area contributed by atoms with Crippen molar-refractivity contribution in [2.45, 2.75) is 26.0 Å². The first-order chi connectivity index (χ1) is 8.90. The number of ketones is 1. The fraction of sp³-hybridized carbons (Fsp3) is 0.417. The second-order valence-electron chi connectivity index (χ2n) is 4.73. The number of primary amides is 1. The average molecular weight is 264 g/mol. The second-order valence-corrected chi connectivity index (χ2v) is 4.73. The molecular formula is C12H16N4O3.